The molecule has 1 fully saturated rings. The van der Waals surface area contributed by atoms with E-state index in [1.807, 2.05) is 42.2 Å². The van der Waals surface area contributed by atoms with Crippen molar-refractivity contribution in [2.24, 2.45) is 5.92 Å². The number of carbonyl (C=O) groups excluding carboxylic acids is 2. The van der Waals surface area contributed by atoms with Crippen LogP contribution in [-0.2, 0) is 9.59 Å². The van der Waals surface area contributed by atoms with Gasteiger partial charge in [-0.1, -0.05) is 24.3 Å². The van der Waals surface area contributed by atoms with Gasteiger partial charge in [0.1, 0.15) is 5.69 Å². The topological polar surface area (TPSA) is 105 Å². The fourth-order valence-electron chi connectivity index (χ4n) is 3.67. The number of aryl methyl sites for hydroxylation is 1. The first-order valence-corrected chi connectivity index (χ1v) is 9.98. The molecule has 1 aliphatic rings. The average molecular weight is 410 g/mol. The van der Waals surface area contributed by atoms with E-state index in [-0.39, 0.29) is 35.7 Å². The number of nitrogens with one attached hydrogen (secondary N) is 2. The molecule has 1 saturated heterocycles. The van der Waals surface area contributed by atoms with Gasteiger partial charge in [-0.2, -0.15) is 0 Å². The number of hydrogen-bond acceptors (Lipinski definition) is 5. The fourth-order valence-corrected chi connectivity index (χ4v) is 3.67. The molecule has 0 saturated carbocycles. The van der Waals surface area contributed by atoms with Crippen molar-refractivity contribution >= 4 is 28.9 Å². The van der Waals surface area contributed by atoms with E-state index in [2.05, 4.69) is 10.6 Å². The Balaban J connectivity index is 1.61. The minimum Gasteiger partial charge on any atom is -0.326 e. The third kappa shape index (κ3) is 5.21. The zero-order valence-electron chi connectivity index (χ0n) is 17.2. The number of rotatable bonds is 6. The summed E-state index contributed by atoms with van der Waals surface area (Å²) in [6.45, 7) is 4.86. The van der Waals surface area contributed by atoms with Gasteiger partial charge < -0.3 is 10.6 Å². The molecule has 2 aromatic carbocycles. The number of piperidine rings is 1. The summed E-state index contributed by atoms with van der Waals surface area (Å²) in [4.78, 5) is 37.9. The summed E-state index contributed by atoms with van der Waals surface area (Å²) in [6.07, 6.45) is 1.57. The molecule has 8 nitrogen and oxygen atoms in total. The molecule has 2 N–H and O–H groups in total. The van der Waals surface area contributed by atoms with E-state index in [0.717, 1.165) is 24.1 Å². The Morgan fingerprint density at radius 1 is 1.13 bits per heavy atom. The number of benzene rings is 2. The number of anilines is 2. The first kappa shape index (κ1) is 21.4. The lowest BCUT2D eigenvalue weighted by Crippen LogP contribution is -2.44. The van der Waals surface area contributed by atoms with Crippen molar-refractivity contribution in [3.05, 3.63) is 63.7 Å². The van der Waals surface area contributed by atoms with Crippen LogP contribution in [0, 0.1) is 29.9 Å². The van der Waals surface area contributed by atoms with Crippen LogP contribution < -0.4 is 10.6 Å². The van der Waals surface area contributed by atoms with Crippen molar-refractivity contribution in [1.82, 2.24) is 4.90 Å². The Kier molecular flexibility index (Phi) is 6.79. The van der Waals surface area contributed by atoms with Gasteiger partial charge >= 0.3 is 0 Å². The molecule has 8 heteroatoms. The highest BCUT2D eigenvalue weighted by Crippen LogP contribution is 2.30. The Hall–Kier alpha value is -3.26. The second kappa shape index (κ2) is 9.49. The predicted molar refractivity (Wildman–Crippen MR) is 115 cm³/mol. The third-order valence-corrected chi connectivity index (χ3v) is 5.46. The van der Waals surface area contributed by atoms with Crippen molar-refractivity contribution < 1.29 is 14.5 Å². The molecule has 1 heterocycles. The Bertz CT molecular complexity index is 946. The highest BCUT2D eigenvalue weighted by molar-refractivity contribution is 5.96. The molecule has 30 heavy (non-hydrogen) atoms. The summed E-state index contributed by atoms with van der Waals surface area (Å²) in [5.74, 6) is -0.589. The minimum atomic E-state index is -0.493. The molecule has 1 aliphatic heterocycles. The standard InChI is InChI=1S/C22H26N4O4/c1-15-10-11-19(26(29)30)21(16(15)2)24-20(27)14-25-12-6-7-17(13-25)22(28)23-18-8-4-3-5-9-18/h3-5,8-11,17H,6-7,12-14H2,1-2H3,(H,23,28)(H,24,27)/t17-/m1/s1. The van der Waals surface area contributed by atoms with E-state index in [9.17, 15) is 19.7 Å². The lowest BCUT2D eigenvalue weighted by molar-refractivity contribution is -0.384. The van der Waals surface area contributed by atoms with Gasteiger partial charge in [0.15, 0.2) is 0 Å². The molecule has 0 radical (unpaired) electrons. The van der Waals surface area contributed by atoms with E-state index in [1.165, 1.54) is 6.07 Å². The van der Waals surface area contributed by atoms with E-state index in [1.54, 1.807) is 13.0 Å². The highest BCUT2D eigenvalue weighted by atomic mass is 16.6. The lowest BCUT2D eigenvalue weighted by Gasteiger charge is -2.31. The number of hydrogen-bond donors (Lipinski definition) is 2. The molecule has 0 unspecified atom stereocenters. The number of carbonyl (C=O) groups is 2. The van der Waals surface area contributed by atoms with Crippen LogP contribution in [0.15, 0.2) is 42.5 Å². The van der Waals surface area contributed by atoms with Crippen LogP contribution in [0.1, 0.15) is 24.0 Å². The zero-order chi connectivity index (χ0) is 21.7. The van der Waals surface area contributed by atoms with Gasteiger partial charge in [0.05, 0.1) is 17.4 Å². The molecule has 158 valence electrons. The second-order valence-corrected chi connectivity index (χ2v) is 7.64. The van der Waals surface area contributed by atoms with Crippen LogP contribution >= 0.6 is 0 Å². The number of amides is 2. The maximum Gasteiger partial charge on any atom is 0.293 e. The maximum absolute atomic E-state index is 12.6. The molecule has 0 bridgehead atoms. The smallest absolute Gasteiger partial charge is 0.293 e. The van der Waals surface area contributed by atoms with E-state index in [0.29, 0.717) is 18.7 Å². The zero-order valence-corrected chi connectivity index (χ0v) is 17.2. The molecule has 1 atom stereocenters. The second-order valence-electron chi connectivity index (χ2n) is 7.64. The van der Waals surface area contributed by atoms with Gasteiger partial charge in [0, 0.05) is 18.3 Å². The van der Waals surface area contributed by atoms with E-state index >= 15 is 0 Å². The summed E-state index contributed by atoms with van der Waals surface area (Å²) in [5, 5.41) is 17.0. The molecular formula is C22H26N4O4. The van der Waals surface area contributed by atoms with Crippen LogP contribution in [0.2, 0.25) is 0 Å². The van der Waals surface area contributed by atoms with Crippen LogP contribution in [-0.4, -0.2) is 41.3 Å². The Labute approximate surface area is 175 Å². The highest BCUT2D eigenvalue weighted by Gasteiger charge is 2.27. The van der Waals surface area contributed by atoms with Gasteiger partial charge in [0.2, 0.25) is 11.8 Å². The Morgan fingerprint density at radius 2 is 1.87 bits per heavy atom. The lowest BCUT2D eigenvalue weighted by atomic mass is 9.97. The minimum absolute atomic E-state index is 0.0588. The van der Waals surface area contributed by atoms with Gasteiger partial charge in [-0.3, -0.25) is 24.6 Å². The molecule has 0 spiro atoms. The number of para-hydroxylation sites is 1. The Morgan fingerprint density at radius 3 is 2.57 bits per heavy atom. The van der Waals surface area contributed by atoms with Crippen molar-refractivity contribution in [1.29, 1.82) is 0 Å². The van der Waals surface area contributed by atoms with Gasteiger partial charge in [-0.15, -0.1) is 0 Å². The van der Waals surface area contributed by atoms with Gasteiger partial charge in [0.25, 0.3) is 5.69 Å². The van der Waals surface area contributed by atoms with E-state index in [4.69, 9.17) is 0 Å². The largest absolute Gasteiger partial charge is 0.326 e. The van der Waals surface area contributed by atoms with Crippen molar-refractivity contribution in [2.75, 3.05) is 30.3 Å². The number of nitro benzene ring substituents is 1. The average Bonchev–Trinajstić information content (AvgIpc) is 2.72. The van der Waals surface area contributed by atoms with Crippen LogP contribution in [0.5, 0.6) is 0 Å². The number of nitro groups is 1. The maximum atomic E-state index is 12.6. The van der Waals surface area contributed by atoms with E-state index < -0.39 is 4.92 Å². The number of nitrogens with zero attached hydrogens (tertiary/aromatic N) is 2. The first-order chi connectivity index (χ1) is 14.3. The summed E-state index contributed by atoms with van der Waals surface area (Å²) >= 11 is 0. The van der Waals surface area contributed by atoms with Crippen LogP contribution in [0.25, 0.3) is 0 Å². The molecule has 2 amide bonds. The van der Waals surface area contributed by atoms with Crippen LogP contribution in [0.4, 0.5) is 17.1 Å². The molecular weight excluding hydrogens is 384 g/mol. The molecule has 3 rings (SSSR count). The quantitative estimate of drug-likeness (QED) is 0.560. The summed E-state index contributed by atoms with van der Waals surface area (Å²) in [6, 6.07) is 12.4. The van der Waals surface area contributed by atoms with Crippen LogP contribution in [0.3, 0.4) is 0 Å². The monoisotopic (exact) mass is 410 g/mol. The van der Waals surface area contributed by atoms with Crippen molar-refractivity contribution in [3.63, 3.8) is 0 Å². The molecule has 2 aromatic rings. The predicted octanol–water partition coefficient (Wildman–Crippen LogP) is 3.50. The van der Waals surface area contributed by atoms with Crippen molar-refractivity contribution in [2.45, 2.75) is 26.7 Å². The van der Waals surface area contributed by atoms with Gasteiger partial charge in [-0.05, 0) is 56.5 Å². The molecule has 0 aromatic heterocycles. The normalized spacial score (nSPS) is 16.7. The van der Waals surface area contributed by atoms with Gasteiger partial charge in [-0.25, -0.2) is 0 Å². The van der Waals surface area contributed by atoms with Crippen molar-refractivity contribution in [3.8, 4) is 0 Å². The summed E-state index contributed by atoms with van der Waals surface area (Å²) in [7, 11) is 0. The summed E-state index contributed by atoms with van der Waals surface area (Å²) < 4.78 is 0. The number of likely N-dealkylation sites (tertiary alicyclic amines) is 1. The summed E-state index contributed by atoms with van der Waals surface area (Å²) in [5.41, 5.74) is 2.41. The molecule has 0 aliphatic carbocycles. The SMILES string of the molecule is Cc1ccc([N+](=O)[O-])c(NC(=O)CN2CCC[C@@H](C(=O)Nc3ccccc3)C2)c1C. The fraction of sp³-hybridized carbons (Fsp3) is 0.364. The first-order valence-electron chi connectivity index (χ1n) is 9.98. The third-order valence-electron chi connectivity index (χ3n) is 5.46.